The fraction of sp³-hybridized carbons (Fsp3) is 0.882. The molecule has 0 aliphatic heterocycles. The van der Waals surface area contributed by atoms with Gasteiger partial charge in [-0.15, -0.1) is 0 Å². The molecule has 0 radical (unpaired) electrons. The lowest BCUT2D eigenvalue weighted by Crippen LogP contribution is -2.46. The maximum absolute atomic E-state index is 6.59. The highest BCUT2D eigenvalue weighted by Crippen LogP contribution is 2.38. The molecule has 1 atom stereocenters. The van der Waals surface area contributed by atoms with Crippen molar-refractivity contribution in [3.8, 4) is 0 Å². The van der Waals surface area contributed by atoms with Gasteiger partial charge in [-0.2, -0.15) is 0 Å². The Morgan fingerprint density at radius 3 is 1.86 bits per heavy atom. The third kappa shape index (κ3) is 6.99. The number of hydrogen-bond acceptors (Lipinski definition) is 2. The lowest BCUT2D eigenvalue weighted by atomic mass is 10.2. The van der Waals surface area contributed by atoms with Gasteiger partial charge < -0.3 is 8.85 Å². The third-order valence-electron chi connectivity index (χ3n) is 5.23. The van der Waals surface area contributed by atoms with Crippen LogP contribution in [0.2, 0.25) is 36.3 Å². The topological polar surface area (TPSA) is 18.5 Å². The molecule has 0 aromatic rings. The Morgan fingerprint density at radius 2 is 1.55 bits per heavy atom. The molecule has 0 bridgehead atoms. The van der Waals surface area contributed by atoms with Gasteiger partial charge in [0.25, 0.3) is 0 Å². The highest BCUT2D eigenvalue weighted by atomic mass is 79.9. The van der Waals surface area contributed by atoms with Crippen LogP contribution >= 0.6 is 15.9 Å². The Bertz CT molecular complexity index is 339. The van der Waals surface area contributed by atoms with Crippen LogP contribution in [-0.4, -0.2) is 29.3 Å². The van der Waals surface area contributed by atoms with E-state index in [2.05, 4.69) is 77.1 Å². The lowest BCUT2D eigenvalue weighted by molar-refractivity contribution is 0.111. The predicted octanol–water partition coefficient (Wildman–Crippen LogP) is 6.70. The van der Waals surface area contributed by atoms with Crippen LogP contribution in [0.5, 0.6) is 0 Å². The van der Waals surface area contributed by atoms with Crippen molar-refractivity contribution in [2.24, 2.45) is 0 Å². The fourth-order valence-electron chi connectivity index (χ4n) is 2.30. The Morgan fingerprint density at radius 1 is 1.09 bits per heavy atom. The van der Waals surface area contributed by atoms with Crippen LogP contribution in [0.25, 0.3) is 0 Å². The summed E-state index contributed by atoms with van der Waals surface area (Å²) >= 11 is 3.50. The molecule has 0 heterocycles. The summed E-state index contributed by atoms with van der Waals surface area (Å²) in [5.74, 6) is 0. The van der Waals surface area contributed by atoms with E-state index in [1.165, 1.54) is 18.1 Å². The van der Waals surface area contributed by atoms with E-state index in [9.17, 15) is 0 Å². The van der Waals surface area contributed by atoms with Gasteiger partial charge in [-0.05, 0) is 40.7 Å². The van der Waals surface area contributed by atoms with E-state index in [4.69, 9.17) is 8.85 Å². The highest BCUT2D eigenvalue weighted by Gasteiger charge is 2.40. The minimum Gasteiger partial charge on any atom is -0.414 e. The monoisotopic (exact) mass is 408 g/mol. The molecule has 5 heteroatoms. The molecule has 0 aliphatic carbocycles. The minimum atomic E-state index is -1.79. The van der Waals surface area contributed by atoms with Crippen LogP contribution in [0.1, 0.15) is 48.0 Å². The first kappa shape index (κ1) is 22.6. The second-order valence-electron chi connectivity index (χ2n) is 7.78. The lowest BCUT2D eigenvalue weighted by Gasteiger charge is -2.40. The molecule has 0 fully saturated rings. The molecule has 2 nitrogen and oxygen atoms in total. The van der Waals surface area contributed by atoms with Crippen LogP contribution < -0.4 is 0 Å². The third-order valence-corrected chi connectivity index (χ3v) is 14.7. The van der Waals surface area contributed by atoms with Gasteiger partial charge in [0.15, 0.2) is 16.6 Å². The summed E-state index contributed by atoms with van der Waals surface area (Å²) in [5.41, 5.74) is 0. The standard InChI is InChI=1S/C17H37BrO2Si2/c1-10-22(11-2,12-3)19-14-16(13-15(4)18)20-21(8,9)17(5,6)7/h16H,4,10-14H2,1-3,5-9H3/t16-/m0/s1. The van der Waals surface area contributed by atoms with Crippen LogP contribution in [0, 0.1) is 0 Å². The first-order valence-corrected chi connectivity index (χ1v) is 14.8. The number of halogens is 1. The summed E-state index contributed by atoms with van der Waals surface area (Å²) in [6.07, 6.45) is 0.943. The summed E-state index contributed by atoms with van der Waals surface area (Å²) in [4.78, 5) is 0. The van der Waals surface area contributed by atoms with Crippen molar-refractivity contribution in [2.45, 2.75) is 90.3 Å². The van der Waals surface area contributed by atoms with Gasteiger partial charge in [-0.1, -0.05) is 64.1 Å². The van der Waals surface area contributed by atoms with E-state index < -0.39 is 16.6 Å². The summed E-state index contributed by atoms with van der Waals surface area (Å²) in [7, 11) is -3.35. The molecule has 0 aliphatic rings. The van der Waals surface area contributed by atoms with Crippen molar-refractivity contribution < 1.29 is 8.85 Å². The second kappa shape index (κ2) is 9.16. The van der Waals surface area contributed by atoms with Crippen molar-refractivity contribution in [2.75, 3.05) is 6.61 Å². The van der Waals surface area contributed by atoms with Gasteiger partial charge in [0.05, 0.1) is 12.7 Å². The summed E-state index contributed by atoms with van der Waals surface area (Å²) in [5, 5.41) is 0.216. The zero-order chi connectivity index (χ0) is 17.6. The Labute approximate surface area is 149 Å². The predicted molar refractivity (Wildman–Crippen MR) is 108 cm³/mol. The largest absolute Gasteiger partial charge is 0.414 e. The van der Waals surface area contributed by atoms with Gasteiger partial charge in [0.2, 0.25) is 0 Å². The number of hydrogen-bond donors (Lipinski definition) is 0. The second-order valence-corrected chi connectivity index (χ2v) is 18.4. The van der Waals surface area contributed by atoms with Crippen molar-refractivity contribution in [3.05, 3.63) is 11.1 Å². The van der Waals surface area contributed by atoms with Crippen LogP contribution in [0.4, 0.5) is 0 Å². The van der Waals surface area contributed by atoms with Gasteiger partial charge in [0.1, 0.15) is 0 Å². The fourth-order valence-corrected chi connectivity index (χ4v) is 6.65. The average Bonchev–Trinajstić information content (AvgIpc) is 2.38. The summed E-state index contributed by atoms with van der Waals surface area (Å²) in [6.45, 7) is 23.0. The zero-order valence-electron chi connectivity index (χ0n) is 16.0. The summed E-state index contributed by atoms with van der Waals surface area (Å²) < 4.78 is 14.1. The molecule has 0 rings (SSSR count). The van der Waals surface area contributed by atoms with Crippen molar-refractivity contribution in [3.63, 3.8) is 0 Å². The molecule has 0 spiro atoms. The van der Waals surface area contributed by atoms with E-state index in [-0.39, 0.29) is 11.1 Å². The molecule has 0 saturated carbocycles. The van der Waals surface area contributed by atoms with Gasteiger partial charge in [0, 0.05) is 6.42 Å². The zero-order valence-corrected chi connectivity index (χ0v) is 19.6. The van der Waals surface area contributed by atoms with E-state index >= 15 is 0 Å². The molecule has 0 aromatic carbocycles. The SMILES string of the molecule is C=C(Br)C[C@@H](CO[Si](CC)(CC)CC)O[Si](C)(C)C(C)(C)C. The van der Waals surface area contributed by atoms with Crippen molar-refractivity contribution >= 4 is 32.6 Å². The molecule has 0 amide bonds. The molecule has 22 heavy (non-hydrogen) atoms. The van der Waals surface area contributed by atoms with Crippen LogP contribution in [-0.2, 0) is 8.85 Å². The van der Waals surface area contributed by atoms with E-state index in [0.29, 0.717) is 6.61 Å². The molecular weight excluding hydrogens is 372 g/mol. The van der Waals surface area contributed by atoms with Crippen LogP contribution in [0.3, 0.4) is 0 Å². The molecule has 0 N–H and O–H groups in total. The molecule has 0 unspecified atom stereocenters. The smallest absolute Gasteiger partial charge is 0.192 e. The van der Waals surface area contributed by atoms with Gasteiger partial charge >= 0.3 is 0 Å². The Hall–Kier alpha value is 0.574. The van der Waals surface area contributed by atoms with Crippen molar-refractivity contribution in [1.29, 1.82) is 0 Å². The van der Waals surface area contributed by atoms with Crippen molar-refractivity contribution in [1.82, 2.24) is 0 Å². The Kier molecular flexibility index (Phi) is 9.40. The number of rotatable bonds is 10. The summed E-state index contributed by atoms with van der Waals surface area (Å²) in [6, 6.07) is 3.55. The van der Waals surface area contributed by atoms with E-state index in [1.807, 2.05) is 0 Å². The van der Waals surface area contributed by atoms with Gasteiger partial charge in [-0.3, -0.25) is 0 Å². The maximum atomic E-state index is 6.59. The highest BCUT2D eigenvalue weighted by molar-refractivity contribution is 9.11. The van der Waals surface area contributed by atoms with E-state index in [1.54, 1.807) is 0 Å². The first-order valence-electron chi connectivity index (χ1n) is 8.58. The van der Waals surface area contributed by atoms with Gasteiger partial charge in [-0.25, -0.2) is 0 Å². The first-order chi connectivity index (χ1) is 9.93. The quantitative estimate of drug-likeness (QED) is 0.374. The molecule has 132 valence electrons. The minimum absolute atomic E-state index is 0.115. The molecule has 0 saturated heterocycles. The normalized spacial score (nSPS) is 15.0. The molecule has 0 aromatic heterocycles. The van der Waals surface area contributed by atoms with Crippen LogP contribution in [0.15, 0.2) is 11.1 Å². The van der Waals surface area contributed by atoms with E-state index in [0.717, 1.165) is 10.9 Å². The average molecular weight is 410 g/mol. The Balaban J connectivity index is 4.97. The maximum Gasteiger partial charge on any atom is 0.192 e. The molecular formula is C17H37BrO2Si2.